The molecule has 0 saturated carbocycles. The molecule has 1 unspecified atom stereocenters. The standard InChI is InChI=1S/C17H14ClF2N3O3S/c1-10(15-22-16(26-23-15)11-2-4-12(18)5-3-11)21-13-6-8-14(9-7-13)27(24,25)17(19)20/h2-10,17,21H,1H3. The van der Waals surface area contributed by atoms with Crippen LogP contribution in [0.4, 0.5) is 14.5 Å². The number of sulfone groups is 1. The zero-order valence-electron chi connectivity index (χ0n) is 13.9. The maximum absolute atomic E-state index is 12.6. The molecule has 0 bridgehead atoms. The lowest BCUT2D eigenvalue weighted by Gasteiger charge is -2.12. The summed E-state index contributed by atoms with van der Waals surface area (Å²) in [5, 5.41) is 7.55. The van der Waals surface area contributed by atoms with E-state index in [9.17, 15) is 17.2 Å². The fraction of sp³-hybridized carbons (Fsp3) is 0.176. The average molecular weight is 414 g/mol. The van der Waals surface area contributed by atoms with Crippen molar-refractivity contribution < 1.29 is 21.7 Å². The van der Waals surface area contributed by atoms with Crippen LogP contribution in [0, 0.1) is 0 Å². The molecule has 1 N–H and O–H groups in total. The van der Waals surface area contributed by atoms with Crippen LogP contribution in [0.15, 0.2) is 57.9 Å². The molecule has 1 aromatic heterocycles. The number of anilines is 1. The Bertz CT molecular complexity index is 1020. The summed E-state index contributed by atoms with van der Waals surface area (Å²) in [5.74, 6) is -2.75. The third-order valence-corrected chi connectivity index (χ3v) is 5.37. The van der Waals surface area contributed by atoms with Gasteiger partial charge in [-0.15, -0.1) is 0 Å². The van der Waals surface area contributed by atoms with Gasteiger partial charge in [-0.05, 0) is 55.5 Å². The molecule has 27 heavy (non-hydrogen) atoms. The van der Waals surface area contributed by atoms with Crippen molar-refractivity contribution in [3.63, 3.8) is 0 Å². The van der Waals surface area contributed by atoms with Crippen LogP contribution in [0.3, 0.4) is 0 Å². The van der Waals surface area contributed by atoms with Gasteiger partial charge in [0, 0.05) is 16.3 Å². The lowest BCUT2D eigenvalue weighted by molar-refractivity contribution is 0.234. The van der Waals surface area contributed by atoms with Crippen molar-refractivity contribution in [3.8, 4) is 11.5 Å². The number of alkyl halides is 2. The number of halogens is 3. The van der Waals surface area contributed by atoms with Crippen LogP contribution in [0.1, 0.15) is 18.8 Å². The summed E-state index contributed by atoms with van der Waals surface area (Å²) in [6.45, 7) is 1.78. The van der Waals surface area contributed by atoms with E-state index in [0.717, 1.165) is 12.1 Å². The fourth-order valence-corrected chi connectivity index (χ4v) is 3.13. The van der Waals surface area contributed by atoms with Gasteiger partial charge in [-0.1, -0.05) is 16.8 Å². The normalized spacial score (nSPS) is 12.9. The molecule has 0 aliphatic rings. The molecule has 10 heteroatoms. The molecule has 0 saturated heterocycles. The number of rotatable bonds is 6. The van der Waals surface area contributed by atoms with E-state index >= 15 is 0 Å². The molecule has 0 fully saturated rings. The maximum atomic E-state index is 12.6. The minimum absolute atomic E-state index is 0.327. The van der Waals surface area contributed by atoms with E-state index in [1.165, 1.54) is 12.1 Å². The average Bonchev–Trinajstić information content (AvgIpc) is 3.13. The molecule has 2 aromatic carbocycles. The first-order valence-electron chi connectivity index (χ1n) is 7.75. The van der Waals surface area contributed by atoms with Gasteiger partial charge in [0.25, 0.3) is 5.89 Å². The van der Waals surface area contributed by atoms with Crippen LogP contribution in [0.5, 0.6) is 0 Å². The predicted molar refractivity (Wildman–Crippen MR) is 96.4 cm³/mol. The molecule has 3 aromatic rings. The highest BCUT2D eigenvalue weighted by Crippen LogP contribution is 2.24. The molecular formula is C17H14ClF2N3O3S. The summed E-state index contributed by atoms with van der Waals surface area (Å²) in [4.78, 5) is 3.86. The van der Waals surface area contributed by atoms with Crippen molar-refractivity contribution in [3.05, 3.63) is 59.4 Å². The van der Waals surface area contributed by atoms with E-state index in [-0.39, 0.29) is 6.04 Å². The van der Waals surface area contributed by atoms with E-state index in [0.29, 0.717) is 28.0 Å². The Morgan fingerprint density at radius 1 is 1.07 bits per heavy atom. The van der Waals surface area contributed by atoms with Crippen LogP contribution >= 0.6 is 11.6 Å². The number of nitrogens with zero attached hydrogens (tertiary/aromatic N) is 2. The van der Waals surface area contributed by atoms with Crippen molar-refractivity contribution >= 4 is 27.1 Å². The smallest absolute Gasteiger partial charge is 0.341 e. The molecule has 142 valence electrons. The van der Waals surface area contributed by atoms with Gasteiger partial charge in [-0.2, -0.15) is 13.8 Å². The van der Waals surface area contributed by atoms with E-state index in [1.807, 2.05) is 0 Å². The second-order valence-electron chi connectivity index (χ2n) is 5.66. The second kappa shape index (κ2) is 7.61. The van der Waals surface area contributed by atoms with Gasteiger partial charge in [-0.25, -0.2) is 8.42 Å². The van der Waals surface area contributed by atoms with Crippen molar-refractivity contribution in [1.82, 2.24) is 10.1 Å². The zero-order chi connectivity index (χ0) is 19.6. The number of benzene rings is 2. The Labute approximate surface area is 159 Å². The van der Waals surface area contributed by atoms with E-state index in [1.54, 1.807) is 31.2 Å². The SMILES string of the molecule is CC(Nc1ccc(S(=O)(=O)C(F)F)cc1)c1noc(-c2ccc(Cl)cc2)n1. The topological polar surface area (TPSA) is 85.1 Å². The van der Waals surface area contributed by atoms with Gasteiger partial charge < -0.3 is 9.84 Å². The number of aromatic nitrogens is 2. The summed E-state index contributed by atoms with van der Waals surface area (Å²) < 4.78 is 53.2. The van der Waals surface area contributed by atoms with Crippen molar-refractivity contribution in [2.45, 2.75) is 23.6 Å². The first-order valence-corrected chi connectivity index (χ1v) is 9.68. The summed E-state index contributed by atoms with van der Waals surface area (Å²) in [5.41, 5.74) is 1.24. The first-order chi connectivity index (χ1) is 12.8. The summed E-state index contributed by atoms with van der Waals surface area (Å²) in [6.07, 6.45) is 0. The van der Waals surface area contributed by atoms with Crippen LogP contribution in [0.2, 0.25) is 5.02 Å². The maximum Gasteiger partial charge on any atom is 0.341 e. The van der Waals surface area contributed by atoms with Gasteiger partial charge >= 0.3 is 5.76 Å². The molecule has 0 amide bonds. The summed E-state index contributed by atoms with van der Waals surface area (Å²) in [7, 11) is -4.61. The molecule has 1 atom stereocenters. The summed E-state index contributed by atoms with van der Waals surface area (Å²) in [6, 6.07) is 11.6. The molecule has 0 radical (unpaired) electrons. The van der Waals surface area contributed by atoms with Gasteiger partial charge in [0.15, 0.2) is 5.82 Å². The predicted octanol–water partition coefficient (Wildman–Crippen LogP) is 4.56. The number of hydrogen-bond donors (Lipinski definition) is 1. The van der Waals surface area contributed by atoms with E-state index in [4.69, 9.17) is 16.1 Å². The van der Waals surface area contributed by atoms with Gasteiger partial charge in [-0.3, -0.25) is 0 Å². The van der Waals surface area contributed by atoms with Gasteiger partial charge in [0.1, 0.15) is 0 Å². The highest BCUT2D eigenvalue weighted by Gasteiger charge is 2.26. The van der Waals surface area contributed by atoms with E-state index < -0.39 is 20.5 Å². The highest BCUT2D eigenvalue weighted by atomic mass is 35.5. The van der Waals surface area contributed by atoms with Crippen LogP contribution in [-0.2, 0) is 9.84 Å². The molecule has 1 heterocycles. The van der Waals surface area contributed by atoms with Crippen LogP contribution < -0.4 is 5.32 Å². The number of nitrogens with one attached hydrogen (secondary N) is 1. The molecule has 0 spiro atoms. The van der Waals surface area contributed by atoms with Crippen molar-refractivity contribution in [2.75, 3.05) is 5.32 Å². The molecule has 0 aliphatic heterocycles. The molecular weight excluding hydrogens is 400 g/mol. The van der Waals surface area contributed by atoms with E-state index in [2.05, 4.69) is 15.5 Å². The third kappa shape index (κ3) is 4.25. The first kappa shape index (κ1) is 19.2. The number of hydrogen-bond acceptors (Lipinski definition) is 6. The Kier molecular flexibility index (Phi) is 5.43. The van der Waals surface area contributed by atoms with Crippen LogP contribution in [-0.4, -0.2) is 24.3 Å². The minimum Gasteiger partial charge on any atom is -0.375 e. The van der Waals surface area contributed by atoms with Crippen LogP contribution in [0.25, 0.3) is 11.5 Å². The van der Waals surface area contributed by atoms with Crippen molar-refractivity contribution in [1.29, 1.82) is 0 Å². The largest absolute Gasteiger partial charge is 0.375 e. The Hall–Kier alpha value is -2.52. The Morgan fingerprint density at radius 3 is 2.30 bits per heavy atom. The summed E-state index contributed by atoms with van der Waals surface area (Å²) >= 11 is 5.85. The fourth-order valence-electron chi connectivity index (χ4n) is 2.28. The Balaban J connectivity index is 1.72. The second-order valence-corrected chi connectivity index (χ2v) is 8.01. The Morgan fingerprint density at radius 2 is 1.70 bits per heavy atom. The minimum atomic E-state index is -4.61. The molecule has 0 aliphatic carbocycles. The lowest BCUT2D eigenvalue weighted by atomic mass is 10.2. The highest BCUT2D eigenvalue weighted by molar-refractivity contribution is 7.91. The molecule has 6 nitrogen and oxygen atoms in total. The quantitative estimate of drug-likeness (QED) is 0.637. The van der Waals surface area contributed by atoms with Gasteiger partial charge in [0.2, 0.25) is 9.84 Å². The monoisotopic (exact) mass is 413 g/mol. The molecule has 3 rings (SSSR count). The lowest BCUT2D eigenvalue weighted by Crippen LogP contribution is -2.12. The zero-order valence-corrected chi connectivity index (χ0v) is 15.5. The third-order valence-electron chi connectivity index (χ3n) is 3.72. The van der Waals surface area contributed by atoms with Crippen molar-refractivity contribution in [2.24, 2.45) is 0 Å². The van der Waals surface area contributed by atoms with Gasteiger partial charge in [0.05, 0.1) is 10.9 Å².